The van der Waals surface area contributed by atoms with Gasteiger partial charge in [-0.3, -0.25) is 0 Å². The van der Waals surface area contributed by atoms with Crippen molar-refractivity contribution in [1.82, 2.24) is 0 Å². The van der Waals surface area contributed by atoms with Crippen molar-refractivity contribution in [1.29, 1.82) is 0 Å². The Morgan fingerprint density at radius 3 is 2.71 bits per heavy atom. The van der Waals surface area contributed by atoms with E-state index in [1.54, 1.807) is 12.1 Å². The number of halogens is 2. The summed E-state index contributed by atoms with van der Waals surface area (Å²) in [6.07, 6.45) is 5.25. The van der Waals surface area contributed by atoms with Crippen LogP contribution in [-0.4, -0.2) is 17.8 Å². The Balaban J connectivity index is 1.73. The standard InChI is InChI=1S/C17H23ClFNO/c18-14-2-1-3-15(19)17(14)13(9-20)16(21)8-12-7-10-4-5-11(12)6-10/h1-3,10-13,16,21H,4-9,20H2. The summed E-state index contributed by atoms with van der Waals surface area (Å²) in [5, 5.41) is 11.0. The van der Waals surface area contributed by atoms with Gasteiger partial charge in [-0.05, 0) is 55.6 Å². The summed E-state index contributed by atoms with van der Waals surface area (Å²) >= 11 is 6.12. The van der Waals surface area contributed by atoms with Crippen LogP contribution in [0.4, 0.5) is 4.39 Å². The summed E-state index contributed by atoms with van der Waals surface area (Å²) in [6, 6.07) is 4.62. The quantitative estimate of drug-likeness (QED) is 0.871. The molecule has 0 saturated heterocycles. The molecular weight excluding hydrogens is 289 g/mol. The summed E-state index contributed by atoms with van der Waals surface area (Å²) in [5.41, 5.74) is 6.18. The average Bonchev–Trinajstić information content (AvgIpc) is 3.05. The Morgan fingerprint density at radius 1 is 1.33 bits per heavy atom. The van der Waals surface area contributed by atoms with Crippen molar-refractivity contribution in [2.45, 2.75) is 44.1 Å². The van der Waals surface area contributed by atoms with Gasteiger partial charge in [-0.2, -0.15) is 0 Å². The van der Waals surface area contributed by atoms with Gasteiger partial charge in [0.1, 0.15) is 5.82 Å². The van der Waals surface area contributed by atoms with Crippen molar-refractivity contribution >= 4 is 11.6 Å². The van der Waals surface area contributed by atoms with E-state index in [2.05, 4.69) is 0 Å². The van der Waals surface area contributed by atoms with Gasteiger partial charge in [0.25, 0.3) is 0 Å². The first-order chi connectivity index (χ1) is 10.1. The highest BCUT2D eigenvalue weighted by Gasteiger charge is 2.41. The maximum atomic E-state index is 14.1. The van der Waals surface area contributed by atoms with E-state index in [4.69, 9.17) is 17.3 Å². The summed E-state index contributed by atoms with van der Waals surface area (Å²) in [7, 11) is 0. The van der Waals surface area contributed by atoms with E-state index in [0.717, 1.165) is 11.8 Å². The lowest BCUT2D eigenvalue weighted by atomic mass is 9.80. The Hall–Kier alpha value is -0.640. The fourth-order valence-electron chi connectivity index (χ4n) is 4.47. The van der Waals surface area contributed by atoms with Gasteiger partial charge in [0, 0.05) is 23.0 Å². The fourth-order valence-corrected chi connectivity index (χ4v) is 4.78. The van der Waals surface area contributed by atoms with Crippen LogP contribution in [0.25, 0.3) is 0 Å². The van der Waals surface area contributed by atoms with Crippen molar-refractivity contribution in [3.63, 3.8) is 0 Å². The maximum Gasteiger partial charge on any atom is 0.128 e. The minimum atomic E-state index is -0.617. The number of benzene rings is 1. The first-order valence-corrected chi connectivity index (χ1v) is 8.30. The number of hydrogen-bond donors (Lipinski definition) is 2. The zero-order valence-electron chi connectivity index (χ0n) is 12.1. The van der Waals surface area contributed by atoms with Crippen LogP contribution in [0.2, 0.25) is 5.02 Å². The molecule has 0 amide bonds. The third-order valence-electron chi connectivity index (χ3n) is 5.52. The SMILES string of the molecule is NCC(c1c(F)cccc1Cl)C(O)CC1CC2CCC1C2. The third kappa shape index (κ3) is 2.96. The topological polar surface area (TPSA) is 46.2 Å². The molecule has 2 aliphatic rings. The van der Waals surface area contributed by atoms with Crippen molar-refractivity contribution in [2.24, 2.45) is 23.5 Å². The van der Waals surface area contributed by atoms with Crippen molar-refractivity contribution in [3.8, 4) is 0 Å². The fraction of sp³-hybridized carbons (Fsp3) is 0.647. The van der Waals surface area contributed by atoms with Gasteiger partial charge < -0.3 is 10.8 Å². The number of nitrogens with two attached hydrogens (primary N) is 1. The van der Waals surface area contributed by atoms with Crippen LogP contribution in [0.1, 0.15) is 43.6 Å². The number of rotatable bonds is 5. The zero-order valence-corrected chi connectivity index (χ0v) is 12.9. The molecule has 0 radical (unpaired) electrons. The summed E-state index contributed by atoms with van der Waals surface area (Å²) in [5.74, 6) is 1.38. The summed E-state index contributed by atoms with van der Waals surface area (Å²) < 4.78 is 14.1. The Kier molecular flexibility index (Phi) is 4.53. The van der Waals surface area contributed by atoms with E-state index in [1.165, 1.54) is 31.7 Å². The molecule has 2 bridgehead atoms. The molecule has 2 fully saturated rings. The van der Waals surface area contributed by atoms with Crippen LogP contribution in [0.15, 0.2) is 18.2 Å². The van der Waals surface area contributed by atoms with E-state index in [0.29, 0.717) is 22.9 Å². The molecule has 0 aromatic heterocycles. The largest absolute Gasteiger partial charge is 0.392 e. The van der Waals surface area contributed by atoms with Gasteiger partial charge in [0.15, 0.2) is 0 Å². The highest BCUT2D eigenvalue weighted by molar-refractivity contribution is 6.31. The smallest absolute Gasteiger partial charge is 0.128 e. The van der Waals surface area contributed by atoms with Gasteiger partial charge in [-0.15, -0.1) is 0 Å². The second-order valence-electron chi connectivity index (χ2n) is 6.72. The minimum absolute atomic E-state index is 0.211. The molecule has 2 nitrogen and oxygen atoms in total. The predicted octanol–water partition coefficient (Wildman–Crippen LogP) is 3.71. The van der Waals surface area contributed by atoms with Crippen LogP contribution in [-0.2, 0) is 0 Å². The lowest BCUT2D eigenvalue weighted by Crippen LogP contribution is -2.30. The third-order valence-corrected chi connectivity index (χ3v) is 5.85. The van der Waals surface area contributed by atoms with Crippen LogP contribution in [0.5, 0.6) is 0 Å². The first-order valence-electron chi connectivity index (χ1n) is 7.92. The van der Waals surface area contributed by atoms with Gasteiger partial charge in [-0.1, -0.05) is 24.1 Å². The minimum Gasteiger partial charge on any atom is -0.392 e. The molecule has 5 unspecified atom stereocenters. The van der Waals surface area contributed by atoms with Crippen LogP contribution in [0, 0.1) is 23.6 Å². The Morgan fingerprint density at radius 2 is 2.14 bits per heavy atom. The molecule has 5 atom stereocenters. The number of aliphatic hydroxyl groups is 1. The number of fused-ring (bicyclic) bond motifs is 2. The average molecular weight is 312 g/mol. The molecule has 1 aromatic carbocycles. The second kappa shape index (κ2) is 6.23. The number of aliphatic hydroxyl groups excluding tert-OH is 1. The highest BCUT2D eigenvalue weighted by Crippen LogP contribution is 2.50. The Bertz CT molecular complexity index is 489. The van der Waals surface area contributed by atoms with E-state index in [9.17, 15) is 9.50 Å². The van der Waals surface area contributed by atoms with Crippen LogP contribution in [0.3, 0.4) is 0 Å². The maximum absolute atomic E-state index is 14.1. The number of hydrogen-bond acceptors (Lipinski definition) is 2. The van der Waals surface area contributed by atoms with Gasteiger partial charge in [0.2, 0.25) is 0 Å². The molecule has 1 aromatic rings. The lowest BCUT2D eigenvalue weighted by Gasteiger charge is -2.29. The molecule has 0 heterocycles. The van der Waals surface area contributed by atoms with Crippen LogP contribution < -0.4 is 5.73 Å². The monoisotopic (exact) mass is 311 g/mol. The van der Waals surface area contributed by atoms with Crippen molar-refractivity contribution in [3.05, 3.63) is 34.6 Å². The van der Waals surface area contributed by atoms with Crippen molar-refractivity contribution in [2.75, 3.05) is 6.54 Å². The first kappa shape index (κ1) is 15.3. The van der Waals surface area contributed by atoms with Gasteiger partial charge in [0.05, 0.1) is 6.10 Å². The molecule has 3 N–H and O–H groups in total. The summed E-state index contributed by atoms with van der Waals surface area (Å²) in [6.45, 7) is 0.211. The van der Waals surface area contributed by atoms with E-state index < -0.39 is 12.0 Å². The molecule has 2 saturated carbocycles. The molecule has 116 valence electrons. The Labute approximate surface area is 130 Å². The highest BCUT2D eigenvalue weighted by atomic mass is 35.5. The summed E-state index contributed by atoms with van der Waals surface area (Å²) in [4.78, 5) is 0. The van der Waals surface area contributed by atoms with E-state index >= 15 is 0 Å². The van der Waals surface area contributed by atoms with Crippen LogP contribution >= 0.6 is 11.6 Å². The zero-order chi connectivity index (χ0) is 15.0. The van der Waals surface area contributed by atoms with Gasteiger partial charge >= 0.3 is 0 Å². The predicted molar refractivity (Wildman–Crippen MR) is 82.8 cm³/mol. The molecule has 2 aliphatic carbocycles. The van der Waals surface area contributed by atoms with Gasteiger partial charge in [-0.25, -0.2) is 4.39 Å². The normalized spacial score (nSPS) is 30.6. The molecule has 21 heavy (non-hydrogen) atoms. The molecule has 3 rings (SSSR count). The molecular formula is C17H23ClFNO. The molecule has 0 spiro atoms. The second-order valence-corrected chi connectivity index (χ2v) is 7.12. The van der Waals surface area contributed by atoms with E-state index in [-0.39, 0.29) is 12.4 Å². The molecule has 4 heteroatoms. The van der Waals surface area contributed by atoms with E-state index in [1.807, 2.05) is 0 Å². The van der Waals surface area contributed by atoms with Crippen molar-refractivity contribution < 1.29 is 9.50 Å². The lowest BCUT2D eigenvalue weighted by molar-refractivity contribution is 0.0999. The molecule has 0 aliphatic heterocycles.